The molecule has 0 aliphatic rings. The van der Waals surface area contributed by atoms with E-state index in [2.05, 4.69) is 10.3 Å². The van der Waals surface area contributed by atoms with E-state index >= 15 is 0 Å². The standard InChI is InChI=1S/C12H12N4OS/c1-7-8(6-16(2)14-7)11-10(12(13)17-15-11)9-4-3-5-18-9/h3-6H,13H2,1-2H3. The van der Waals surface area contributed by atoms with Gasteiger partial charge in [-0.3, -0.25) is 4.68 Å². The average molecular weight is 260 g/mol. The monoisotopic (exact) mass is 260 g/mol. The fourth-order valence-corrected chi connectivity index (χ4v) is 2.75. The van der Waals surface area contributed by atoms with Crippen molar-refractivity contribution in [2.75, 3.05) is 5.73 Å². The predicted octanol–water partition coefficient (Wildman–Crippen LogP) is 2.69. The molecular weight excluding hydrogens is 248 g/mol. The van der Waals surface area contributed by atoms with Crippen molar-refractivity contribution in [1.82, 2.24) is 14.9 Å². The van der Waals surface area contributed by atoms with Gasteiger partial charge in [0.05, 0.1) is 11.3 Å². The molecule has 92 valence electrons. The van der Waals surface area contributed by atoms with Gasteiger partial charge in [0.25, 0.3) is 0 Å². The zero-order chi connectivity index (χ0) is 12.7. The smallest absolute Gasteiger partial charge is 0.231 e. The Kier molecular flexibility index (Phi) is 2.45. The number of nitrogens with zero attached hydrogens (tertiary/aromatic N) is 3. The number of nitrogen functional groups attached to an aromatic ring is 1. The minimum Gasteiger partial charge on any atom is -0.367 e. The van der Waals surface area contributed by atoms with Crippen molar-refractivity contribution in [2.24, 2.45) is 7.05 Å². The van der Waals surface area contributed by atoms with Crippen LogP contribution in [0, 0.1) is 6.92 Å². The Bertz CT molecular complexity index is 681. The number of hydrogen-bond acceptors (Lipinski definition) is 5. The van der Waals surface area contributed by atoms with Crippen LogP contribution in [0.3, 0.4) is 0 Å². The molecule has 3 aromatic rings. The number of hydrogen-bond donors (Lipinski definition) is 1. The van der Waals surface area contributed by atoms with Crippen LogP contribution in [0.5, 0.6) is 0 Å². The van der Waals surface area contributed by atoms with E-state index in [1.165, 1.54) is 0 Å². The van der Waals surface area contributed by atoms with Crippen LogP contribution in [-0.2, 0) is 7.05 Å². The van der Waals surface area contributed by atoms with Crippen molar-refractivity contribution in [3.05, 3.63) is 29.4 Å². The lowest BCUT2D eigenvalue weighted by atomic mass is 10.1. The Hall–Kier alpha value is -2.08. The van der Waals surface area contributed by atoms with Crippen LogP contribution in [0.25, 0.3) is 21.7 Å². The number of nitrogens with two attached hydrogens (primary N) is 1. The van der Waals surface area contributed by atoms with Crippen molar-refractivity contribution >= 4 is 17.2 Å². The van der Waals surface area contributed by atoms with Gasteiger partial charge in [-0.05, 0) is 18.4 Å². The number of rotatable bonds is 2. The highest BCUT2D eigenvalue weighted by atomic mass is 32.1. The van der Waals surface area contributed by atoms with Crippen LogP contribution in [-0.4, -0.2) is 14.9 Å². The van der Waals surface area contributed by atoms with E-state index in [1.54, 1.807) is 16.0 Å². The molecule has 6 heteroatoms. The summed E-state index contributed by atoms with van der Waals surface area (Å²) in [5.74, 6) is 0.343. The van der Waals surface area contributed by atoms with Gasteiger partial charge in [-0.2, -0.15) is 5.10 Å². The first-order chi connectivity index (χ1) is 8.66. The van der Waals surface area contributed by atoms with E-state index in [4.69, 9.17) is 10.3 Å². The van der Waals surface area contributed by atoms with Crippen molar-refractivity contribution in [1.29, 1.82) is 0 Å². The molecule has 0 bridgehead atoms. The molecule has 0 spiro atoms. The lowest BCUT2D eigenvalue weighted by molar-refractivity contribution is 0.439. The molecule has 3 aromatic heterocycles. The second kappa shape index (κ2) is 3.99. The number of aryl methyl sites for hydroxylation is 2. The molecule has 0 aliphatic carbocycles. The molecule has 0 saturated heterocycles. The molecule has 5 nitrogen and oxygen atoms in total. The highest BCUT2D eigenvalue weighted by Crippen LogP contribution is 2.39. The Morgan fingerprint density at radius 3 is 2.89 bits per heavy atom. The number of thiophene rings is 1. The van der Waals surface area contributed by atoms with Crippen LogP contribution < -0.4 is 5.73 Å². The first-order valence-corrected chi connectivity index (χ1v) is 6.34. The summed E-state index contributed by atoms with van der Waals surface area (Å²) < 4.78 is 6.89. The van der Waals surface area contributed by atoms with Crippen LogP contribution in [0.2, 0.25) is 0 Å². The Morgan fingerprint density at radius 1 is 1.44 bits per heavy atom. The van der Waals surface area contributed by atoms with Crippen LogP contribution in [0.15, 0.2) is 28.2 Å². The summed E-state index contributed by atoms with van der Waals surface area (Å²) in [6.45, 7) is 1.94. The maximum atomic E-state index is 5.88. The minimum atomic E-state index is 0.343. The summed E-state index contributed by atoms with van der Waals surface area (Å²) in [4.78, 5) is 1.05. The highest BCUT2D eigenvalue weighted by Gasteiger charge is 2.20. The largest absolute Gasteiger partial charge is 0.367 e. The molecule has 0 aliphatic heterocycles. The van der Waals surface area contributed by atoms with Gasteiger partial charge in [0.1, 0.15) is 5.69 Å². The summed E-state index contributed by atoms with van der Waals surface area (Å²) in [6.07, 6.45) is 1.92. The van der Waals surface area contributed by atoms with Gasteiger partial charge in [-0.1, -0.05) is 11.2 Å². The third kappa shape index (κ3) is 1.62. The third-order valence-electron chi connectivity index (χ3n) is 2.75. The third-order valence-corrected chi connectivity index (χ3v) is 3.64. The van der Waals surface area contributed by atoms with Gasteiger partial charge in [-0.25, -0.2) is 0 Å². The number of anilines is 1. The molecule has 0 atom stereocenters. The SMILES string of the molecule is Cc1nn(C)cc1-c1noc(N)c1-c1cccs1. The normalized spacial score (nSPS) is 11.0. The molecule has 0 amide bonds. The van der Waals surface area contributed by atoms with Crippen LogP contribution >= 0.6 is 11.3 Å². The zero-order valence-electron chi connectivity index (χ0n) is 10.0. The molecule has 0 unspecified atom stereocenters. The van der Waals surface area contributed by atoms with E-state index in [9.17, 15) is 0 Å². The lowest BCUT2D eigenvalue weighted by Crippen LogP contribution is -1.86. The Balaban J connectivity index is 2.23. The first-order valence-electron chi connectivity index (χ1n) is 5.46. The van der Waals surface area contributed by atoms with Gasteiger partial charge in [0, 0.05) is 23.7 Å². The van der Waals surface area contributed by atoms with Crippen molar-refractivity contribution in [3.8, 4) is 21.7 Å². The van der Waals surface area contributed by atoms with Crippen molar-refractivity contribution < 1.29 is 4.52 Å². The number of aromatic nitrogens is 3. The maximum absolute atomic E-state index is 5.88. The Labute approximate surface area is 108 Å². The summed E-state index contributed by atoms with van der Waals surface area (Å²) in [7, 11) is 1.88. The van der Waals surface area contributed by atoms with E-state index in [0.29, 0.717) is 5.88 Å². The molecule has 0 radical (unpaired) electrons. The quantitative estimate of drug-likeness (QED) is 0.769. The van der Waals surface area contributed by atoms with Gasteiger partial charge in [-0.15, -0.1) is 11.3 Å². The summed E-state index contributed by atoms with van der Waals surface area (Å²) in [5.41, 5.74) is 9.33. The second-order valence-electron chi connectivity index (χ2n) is 4.05. The van der Waals surface area contributed by atoms with Crippen molar-refractivity contribution in [3.63, 3.8) is 0 Å². The van der Waals surface area contributed by atoms with E-state index in [0.717, 1.165) is 27.4 Å². The maximum Gasteiger partial charge on any atom is 0.231 e. The second-order valence-corrected chi connectivity index (χ2v) is 5.00. The summed E-state index contributed by atoms with van der Waals surface area (Å²) in [6, 6.07) is 3.98. The summed E-state index contributed by atoms with van der Waals surface area (Å²) >= 11 is 1.61. The van der Waals surface area contributed by atoms with E-state index < -0.39 is 0 Å². The summed E-state index contributed by atoms with van der Waals surface area (Å²) in [5, 5.41) is 10.4. The van der Waals surface area contributed by atoms with Gasteiger partial charge >= 0.3 is 0 Å². The fourth-order valence-electron chi connectivity index (χ4n) is 1.98. The highest BCUT2D eigenvalue weighted by molar-refractivity contribution is 7.13. The molecule has 2 N–H and O–H groups in total. The lowest BCUT2D eigenvalue weighted by Gasteiger charge is -1.97. The van der Waals surface area contributed by atoms with Crippen LogP contribution in [0.1, 0.15) is 5.69 Å². The van der Waals surface area contributed by atoms with Crippen LogP contribution in [0.4, 0.5) is 5.88 Å². The Morgan fingerprint density at radius 2 is 2.28 bits per heavy atom. The molecule has 3 rings (SSSR count). The molecular formula is C12H12N4OS. The topological polar surface area (TPSA) is 69.9 Å². The van der Waals surface area contributed by atoms with Crippen molar-refractivity contribution in [2.45, 2.75) is 6.92 Å². The van der Waals surface area contributed by atoms with Gasteiger partial charge in [0.15, 0.2) is 0 Å². The molecule has 0 aromatic carbocycles. The molecule has 0 fully saturated rings. The van der Waals surface area contributed by atoms with E-state index in [-0.39, 0.29) is 0 Å². The molecule has 0 saturated carbocycles. The van der Waals surface area contributed by atoms with E-state index in [1.807, 2.05) is 37.7 Å². The molecule has 18 heavy (non-hydrogen) atoms. The van der Waals surface area contributed by atoms with Gasteiger partial charge in [0.2, 0.25) is 5.88 Å². The minimum absolute atomic E-state index is 0.343. The average Bonchev–Trinajstić information content (AvgIpc) is 2.99. The molecule has 3 heterocycles. The fraction of sp³-hybridized carbons (Fsp3) is 0.167. The first kappa shape index (κ1) is 11.0. The zero-order valence-corrected chi connectivity index (χ0v) is 10.9. The predicted molar refractivity (Wildman–Crippen MR) is 71.2 cm³/mol. The van der Waals surface area contributed by atoms with Gasteiger partial charge < -0.3 is 10.3 Å².